The van der Waals surface area contributed by atoms with Crippen LogP contribution in [-0.2, 0) is 4.79 Å². The van der Waals surface area contributed by atoms with Crippen molar-refractivity contribution in [2.24, 2.45) is 5.92 Å². The largest absolute Gasteiger partial charge is 0.468 e. The third kappa shape index (κ3) is 4.19. The van der Waals surface area contributed by atoms with Crippen molar-refractivity contribution >= 4 is 5.91 Å². The lowest BCUT2D eigenvalue weighted by Gasteiger charge is -2.34. The summed E-state index contributed by atoms with van der Waals surface area (Å²) in [5.74, 6) is 1.34. The summed E-state index contributed by atoms with van der Waals surface area (Å²) in [7, 11) is 0. The van der Waals surface area contributed by atoms with Crippen molar-refractivity contribution in [2.75, 3.05) is 32.7 Å². The fourth-order valence-electron chi connectivity index (χ4n) is 3.96. The van der Waals surface area contributed by atoms with Crippen molar-refractivity contribution in [3.63, 3.8) is 0 Å². The summed E-state index contributed by atoms with van der Waals surface area (Å²) in [6.07, 6.45) is 6.14. The third-order valence-corrected chi connectivity index (χ3v) is 5.55. The molecule has 3 heterocycles. The van der Waals surface area contributed by atoms with Gasteiger partial charge in [-0.2, -0.15) is 0 Å². The molecule has 1 aromatic heterocycles. The minimum Gasteiger partial charge on any atom is -0.468 e. The Kier molecular flexibility index (Phi) is 5.95. The summed E-state index contributed by atoms with van der Waals surface area (Å²) in [6.45, 7) is 9.35. The Bertz CT molecular complexity index is 501. The molecular weight excluding hydrogens is 302 g/mol. The number of furan rings is 1. The summed E-state index contributed by atoms with van der Waals surface area (Å²) >= 11 is 0. The van der Waals surface area contributed by atoms with Crippen LogP contribution in [-0.4, -0.2) is 54.5 Å². The van der Waals surface area contributed by atoms with Gasteiger partial charge in [0.05, 0.1) is 12.3 Å². The Labute approximate surface area is 145 Å². The van der Waals surface area contributed by atoms with Gasteiger partial charge >= 0.3 is 0 Å². The molecule has 2 saturated heterocycles. The molecule has 0 saturated carbocycles. The molecule has 0 unspecified atom stereocenters. The van der Waals surface area contributed by atoms with Gasteiger partial charge in [0.25, 0.3) is 0 Å². The fourth-order valence-corrected chi connectivity index (χ4v) is 3.96. The predicted octanol–water partition coefficient (Wildman–Crippen LogP) is 2.65. The smallest absolute Gasteiger partial charge is 0.223 e. The van der Waals surface area contributed by atoms with Crippen molar-refractivity contribution in [1.29, 1.82) is 0 Å². The lowest BCUT2D eigenvalue weighted by atomic mass is 9.95. The summed E-state index contributed by atoms with van der Waals surface area (Å²) in [5, 5.41) is 3.20. The van der Waals surface area contributed by atoms with Crippen molar-refractivity contribution in [3.8, 4) is 0 Å². The highest BCUT2D eigenvalue weighted by molar-refractivity contribution is 5.78. The molecule has 1 atom stereocenters. The van der Waals surface area contributed by atoms with E-state index in [0.29, 0.717) is 12.6 Å². The number of rotatable bonds is 6. The molecule has 0 radical (unpaired) electrons. The monoisotopic (exact) mass is 333 g/mol. The van der Waals surface area contributed by atoms with Crippen LogP contribution in [0.25, 0.3) is 0 Å². The maximum absolute atomic E-state index is 12.6. The number of hydrogen-bond acceptors (Lipinski definition) is 4. The van der Waals surface area contributed by atoms with Gasteiger partial charge in [-0.15, -0.1) is 0 Å². The van der Waals surface area contributed by atoms with E-state index in [9.17, 15) is 4.79 Å². The van der Waals surface area contributed by atoms with Gasteiger partial charge in [0, 0.05) is 18.5 Å². The number of carbonyl (C=O) groups is 1. The lowest BCUT2D eigenvalue weighted by Crippen LogP contribution is -2.44. The molecule has 0 aromatic carbocycles. The van der Waals surface area contributed by atoms with E-state index in [1.807, 2.05) is 12.1 Å². The molecule has 0 spiro atoms. The van der Waals surface area contributed by atoms with Crippen LogP contribution in [0.4, 0.5) is 0 Å². The van der Waals surface area contributed by atoms with E-state index in [4.69, 9.17) is 4.42 Å². The standard InChI is InChI=1S/C19H31N3O2/c1-15(2)21-11-7-16(8-12-21)19(23)20-14-17(18-6-5-13-24-18)22-9-3-4-10-22/h5-6,13,15-17H,3-4,7-12,14H2,1-2H3,(H,20,23)/t17-/m0/s1. The average molecular weight is 333 g/mol. The SMILES string of the molecule is CC(C)N1CCC(C(=O)NC[C@@H](c2ccco2)N2CCCC2)CC1. The second kappa shape index (κ2) is 8.17. The van der Waals surface area contributed by atoms with E-state index >= 15 is 0 Å². The zero-order valence-corrected chi connectivity index (χ0v) is 15.0. The first-order valence-electron chi connectivity index (χ1n) is 9.44. The van der Waals surface area contributed by atoms with Gasteiger partial charge in [-0.1, -0.05) is 0 Å². The number of amides is 1. The Morgan fingerprint density at radius 2 is 1.92 bits per heavy atom. The Morgan fingerprint density at radius 1 is 1.21 bits per heavy atom. The first kappa shape index (κ1) is 17.5. The van der Waals surface area contributed by atoms with Gasteiger partial charge in [-0.05, 0) is 77.8 Å². The van der Waals surface area contributed by atoms with Gasteiger partial charge in [0.15, 0.2) is 0 Å². The van der Waals surface area contributed by atoms with E-state index in [1.165, 1.54) is 12.8 Å². The van der Waals surface area contributed by atoms with Gasteiger partial charge in [-0.3, -0.25) is 9.69 Å². The molecule has 1 amide bonds. The van der Waals surface area contributed by atoms with E-state index in [-0.39, 0.29) is 17.9 Å². The number of carbonyl (C=O) groups excluding carboxylic acids is 1. The second-order valence-electron chi connectivity index (χ2n) is 7.42. The number of nitrogens with zero attached hydrogens (tertiary/aromatic N) is 2. The highest BCUT2D eigenvalue weighted by atomic mass is 16.3. The lowest BCUT2D eigenvalue weighted by molar-refractivity contribution is -0.126. The van der Waals surface area contributed by atoms with Gasteiger partial charge in [0.1, 0.15) is 5.76 Å². The van der Waals surface area contributed by atoms with Crippen LogP contribution in [0.15, 0.2) is 22.8 Å². The molecule has 0 bridgehead atoms. The van der Waals surface area contributed by atoms with E-state index in [1.54, 1.807) is 6.26 Å². The zero-order valence-electron chi connectivity index (χ0n) is 15.0. The molecule has 2 aliphatic heterocycles. The maximum atomic E-state index is 12.6. The Morgan fingerprint density at radius 3 is 2.50 bits per heavy atom. The number of nitrogens with one attached hydrogen (secondary N) is 1. The highest BCUT2D eigenvalue weighted by Crippen LogP contribution is 2.25. The van der Waals surface area contributed by atoms with Crippen molar-refractivity contribution in [3.05, 3.63) is 24.2 Å². The van der Waals surface area contributed by atoms with Crippen molar-refractivity contribution < 1.29 is 9.21 Å². The van der Waals surface area contributed by atoms with E-state index in [0.717, 1.165) is 44.8 Å². The topological polar surface area (TPSA) is 48.7 Å². The zero-order chi connectivity index (χ0) is 16.9. The maximum Gasteiger partial charge on any atom is 0.223 e. The van der Waals surface area contributed by atoms with Crippen LogP contribution in [0.2, 0.25) is 0 Å². The van der Waals surface area contributed by atoms with E-state index in [2.05, 4.69) is 29.0 Å². The van der Waals surface area contributed by atoms with Crippen LogP contribution in [0.5, 0.6) is 0 Å². The molecule has 1 N–H and O–H groups in total. The normalized spacial score (nSPS) is 22.1. The summed E-state index contributed by atoms with van der Waals surface area (Å²) in [5.41, 5.74) is 0. The van der Waals surface area contributed by atoms with Crippen LogP contribution in [0.1, 0.15) is 51.3 Å². The highest BCUT2D eigenvalue weighted by Gasteiger charge is 2.29. The van der Waals surface area contributed by atoms with Gasteiger partial charge in [0.2, 0.25) is 5.91 Å². The predicted molar refractivity (Wildman–Crippen MR) is 94.7 cm³/mol. The van der Waals surface area contributed by atoms with Gasteiger partial charge < -0.3 is 14.6 Å². The molecule has 24 heavy (non-hydrogen) atoms. The molecule has 2 fully saturated rings. The third-order valence-electron chi connectivity index (χ3n) is 5.55. The number of piperidine rings is 1. The molecule has 0 aliphatic carbocycles. The minimum absolute atomic E-state index is 0.163. The molecule has 3 rings (SSSR count). The number of likely N-dealkylation sites (tertiary alicyclic amines) is 2. The second-order valence-corrected chi connectivity index (χ2v) is 7.42. The Hall–Kier alpha value is -1.33. The van der Waals surface area contributed by atoms with Crippen LogP contribution in [0, 0.1) is 5.92 Å². The molecule has 134 valence electrons. The molecule has 5 nitrogen and oxygen atoms in total. The summed E-state index contributed by atoms with van der Waals surface area (Å²) in [6, 6.07) is 4.70. The summed E-state index contributed by atoms with van der Waals surface area (Å²) in [4.78, 5) is 17.5. The molecular formula is C19H31N3O2. The first-order chi connectivity index (χ1) is 11.6. The first-order valence-corrected chi connectivity index (χ1v) is 9.44. The molecule has 1 aromatic rings. The molecule has 2 aliphatic rings. The Balaban J connectivity index is 1.52. The number of hydrogen-bond donors (Lipinski definition) is 1. The van der Waals surface area contributed by atoms with E-state index < -0.39 is 0 Å². The van der Waals surface area contributed by atoms with Crippen molar-refractivity contribution in [1.82, 2.24) is 15.1 Å². The van der Waals surface area contributed by atoms with Crippen LogP contribution in [0.3, 0.4) is 0 Å². The van der Waals surface area contributed by atoms with Crippen molar-refractivity contribution in [2.45, 2.75) is 51.6 Å². The van der Waals surface area contributed by atoms with Gasteiger partial charge in [-0.25, -0.2) is 0 Å². The summed E-state index contributed by atoms with van der Waals surface area (Å²) < 4.78 is 5.63. The quantitative estimate of drug-likeness (QED) is 0.869. The van der Waals surface area contributed by atoms with Crippen LogP contribution >= 0.6 is 0 Å². The minimum atomic E-state index is 0.163. The molecule has 5 heteroatoms. The van der Waals surface area contributed by atoms with Crippen LogP contribution < -0.4 is 5.32 Å². The average Bonchev–Trinajstić information content (AvgIpc) is 3.29. The fraction of sp³-hybridized carbons (Fsp3) is 0.737.